The van der Waals surface area contributed by atoms with Gasteiger partial charge in [0.15, 0.2) is 0 Å². The van der Waals surface area contributed by atoms with Crippen LogP contribution in [0.1, 0.15) is 15.9 Å². The number of benzene rings is 2. The topological polar surface area (TPSA) is 59.4 Å². The lowest BCUT2D eigenvalue weighted by Gasteiger charge is -2.22. The Morgan fingerprint density at radius 2 is 1.92 bits per heavy atom. The molecule has 2 heterocycles. The molecule has 0 radical (unpaired) electrons. The Labute approximate surface area is 145 Å². The predicted octanol–water partition coefficient (Wildman–Crippen LogP) is 3.33. The third-order valence-corrected chi connectivity index (χ3v) is 4.37. The highest BCUT2D eigenvalue weighted by Gasteiger charge is 2.26. The highest BCUT2D eigenvalue weighted by atomic mass is 16.5. The molecule has 0 saturated heterocycles. The summed E-state index contributed by atoms with van der Waals surface area (Å²) >= 11 is 0. The van der Waals surface area contributed by atoms with E-state index >= 15 is 0 Å². The number of aryl methyl sites for hydroxylation is 1. The molecule has 1 amide bonds. The van der Waals surface area contributed by atoms with E-state index < -0.39 is 0 Å². The number of nitrogens with one attached hydrogen (secondary N) is 1. The van der Waals surface area contributed by atoms with Crippen LogP contribution in [-0.2, 0) is 13.6 Å². The summed E-state index contributed by atoms with van der Waals surface area (Å²) in [7, 11) is 3.49. The second-order valence-electron chi connectivity index (χ2n) is 5.90. The van der Waals surface area contributed by atoms with Crippen LogP contribution in [0.4, 0.5) is 17.2 Å². The predicted molar refractivity (Wildman–Crippen MR) is 96.4 cm³/mol. The molecule has 6 nitrogen and oxygen atoms in total. The Hall–Kier alpha value is -3.28. The van der Waals surface area contributed by atoms with Crippen LogP contribution < -0.4 is 15.0 Å². The zero-order valence-corrected chi connectivity index (χ0v) is 14.1. The summed E-state index contributed by atoms with van der Waals surface area (Å²) in [5.41, 5.74) is 3.31. The van der Waals surface area contributed by atoms with E-state index in [9.17, 15) is 4.79 Å². The summed E-state index contributed by atoms with van der Waals surface area (Å²) < 4.78 is 6.96. The maximum atomic E-state index is 13.2. The summed E-state index contributed by atoms with van der Waals surface area (Å²) in [4.78, 5) is 14.9. The summed E-state index contributed by atoms with van der Waals surface area (Å²) in [6.45, 7) is 0.456. The fourth-order valence-corrected chi connectivity index (χ4v) is 3.03. The number of hydrogen-bond donors (Lipinski definition) is 1. The van der Waals surface area contributed by atoms with E-state index in [1.165, 1.54) is 0 Å². The maximum absolute atomic E-state index is 13.2. The van der Waals surface area contributed by atoms with Crippen LogP contribution in [0.3, 0.4) is 0 Å². The monoisotopic (exact) mass is 334 g/mol. The Balaban J connectivity index is 1.78. The Morgan fingerprint density at radius 3 is 2.68 bits per heavy atom. The minimum absolute atomic E-state index is 0.0615. The van der Waals surface area contributed by atoms with Crippen LogP contribution in [0, 0.1) is 0 Å². The first-order chi connectivity index (χ1) is 12.2. The SMILES string of the molecule is COc1ccc(C(=O)N2Cc3cnn(C)c3Nc3ccccc32)cc1. The molecule has 126 valence electrons. The molecule has 3 aromatic rings. The van der Waals surface area contributed by atoms with Crippen molar-refractivity contribution in [2.45, 2.75) is 6.54 Å². The van der Waals surface area contributed by atoms with Gasteiger partial charge in [0, 0.05) is 18.2 Å². The van der Waals surface area contributed by atoms with E-state index in [1.54, 1.807) is 47.2 Å². The molecule has 1 aliphatic heterocycles. The Morgan fingerprint density at radius 1 is 1.16 bits per heavy atom. The molecule has 0 spiro atoms. The van der Waals surface area contributed by atoms with E-state index in [0.717, 1.165) is 28.5 Å². The highest BCUT2D eigenvalue weighted by Crippen LogP contribution is 2.36. The molecule has 1 N–H and O–H groups in total. The number of methoxy groups -OCH3 is 1. The molecule has 2 aromatic carbocycles. The van der Waals surface area contributed by atoms with E-state index in [-0.39, 0.29) is 5.91 Å². The summed E-state index contributed by atoms with van der Waals surface area (Å²) in [6.07, 6.45) is 1.79. The van der Waals surface area contributed by atoms with E-state index in [0.29, 0.717) is 12.1 Å². The smallest absolute Gasteiger partial charge is 0.258 e. The molecular formula is C19H18N4O2. The molecule has 6 heteroatoms. The van der Waals surface area contributed by atoms with Crippen LogP contribution in [0.2, 0.25) is 0 Å². The largest absolute Gasteiger partial charge is 0.497 e. The number of nitrogens with zero attached hydrogens (tertiary/aromatic N) is 3. The van der Waals surface area contributed by atoms with Crippen molar-refractivity contribution >= 4 is 23.1 Å². The van der Waals surface area contributed by atoms with E-state index in [1.807, 2.05) is 31.3 Å². The maximum Gasteiger partial charge on any atom is 0.258 e. The van der Waals surface area contributed by atoms with Crippen molar-refractivity contribution in [3.63, 3.8) is 0 Å². The zero-order valence-electron chi connectivity index (χ0n) is 14.1. The lowest BCUT2D eigenvalue weighted by atomic mass is 10.1. The highest BCUT2D eigenvalue weighted by molar-refractivity contribution is 6.08. The number of para-hydroxylation sites is 2. The van der Waals surface area contributed by atoms with Gasteiger partial charge >= 0.3 is 0 Å². The van der Waals surface area contributed by atoms with Crippen molar-refractivity contribution in [2.24, 2.45) is 7.05 Å². The number of aromatic nitrogens is 2. The zero-order chi connectivity index (χ0) is 17.4. The normalized spacial score (nSPS) is 12.6. The van der Waals surface area contributed by atoms with Crippen molar-refractivity contribution in [3.05, 3.63) is 65.9 Å². The van der Waals surface area contributed by atoms with E-state index in [4.69, 9.17) is 4.74 Å². The second-order valence-corrected chi connectivity index (χ2v) is 5.90. The van der Waals surface area contributed by atoms with Crippen LogP contribution in [-0.4, -0.2) is 22.8 Å². The first kappa shape index (κ1) is 15.3. The standard InChI is InChI=1S/C19H18N4O2/c1-22-18-14(11-20-22)12-23(17-6-4-3-5-16(17)21-18)19(24)13-7-9-15(25-2)10-8-13/h3-11,21H,12H2,1-2H3. The van der Waals surface area contributed by atoms with Crippen molar-refractivity contribution in [1.29, 1.82) is 0 Å². The van der Waals surface area contributed by atoms with Gasteiger partial charge in [0.1, 0.15) is 11.6 Å². The van der Waals surface area contributed by atoms with Gasteiger partial charge in [-0.25, -0.2) is 0 Å². The quantitative estimate of drug-likeness (QED) is 0.781. The van der Waals surface area contributed by atoms with Crippen LogP contribution in [0.5, 0.6) is 5.75 Å². The van der Waals surface area contributed by atoms with Crippen LogP contribution in [0.25, 0.3) is 0 Å². The third kappa shape index (κ3) is 2.61. The minimum Gasteiger partial charge on any atom is -0.497 e. The number of carbonyl (C=O) groups is 1. The molecule has 0 atom stereocenters. The van der Waals surface area contributed by atoms with Crippen molar-refractivity contribution in [1.82, 2.24) is 9.78 Å². The fourth-order valence-electron chi connectivity index (χ4n) is 3.03. The average Bonchev–Trinajstić information content (AvgIpc) is 2.90. The minimum atomic E-state index is -0.0615. The number of hydrogen-bond acceptors (Lipinski definition) is 4. The summed E-state index contributed by atoms with van der Waals surface area (Å²) in [5.74, 6) is 1.56. The molecule has 1 aliphatic rings. The number of amides is 1. The molecule has 0 aliphatic carbocycles. The number of ether oxygens (including phenoxy) is 1. The lowest BCUT2D eigenvalue weighted by Crippen LogP contribution is -2.29. The second kappa shape index (κ2) is 5.98. The molecule has 1 aromatic heterocycles. The van der Waals surface area contributed by atoms with Crippen molar-refractivity contribution in [3.8, 4) is 5.75 Å². The number of fused-ring (bicyclic) bond motifs is 2. The fraction of sp³-hybridized carbons (Fsp3) is 0.158. The van der Waals surface area contributed by atoms with Gasteiger partial charge in [-0.2, -0.15) is 5.10 Å². The molecule has 0 fully saturated rings. The molecule has 25 heavy (non-hydrogen) atoms. The third-order valence-electron chi connectivity index (χ3n) is 4.37. The lowest BCUT2D eigenvalue weighted by molar-refractivity contribution is 0.0985. The molecule has 0 unspecified atom stereocenters. The number of anilines is 3. The summed E-state index contributed by atoms with van der Waals surface area (Å²) in [5, 5.41) is 7.69. The van der Waals surface area contributed by atoms with Gasteiger partial charge in [0.2, 0.25) is 0 Å². The molecule has 4 rings (SSSR count). The van der Waals surface area contributed by atoms with Gasteiger partial charge in [0.05, 0.1) is 31.2 Å². The van der Waals surface area contributed by atoms with Crippen LogP contribution in [0.15, 0.2) is 54.7 Å². The molecule has 0 saturated carbocycles. The van der Waals surface area contributed by atoms with Crippen LogP contribution >= 0.6 is 0 Å². The van der Waals surface area contributed by atoms with Crippen molar-refractivity contribution < 1.29 is 9.53 Å². The molecule has 0 bridgehead atoms. The van der Waals surface area contributed by atoms with Gasteiger partial charge in [-0.05, 0) is 36.4 Å². The Kier molecular flexibility index (Phi) is 3.65. The van der Waals surface area contributed by atoms with Crippen molar-refractivity contribution in [2.75, 3.05) is 17.3 Å². The first-order valence-corrected chi connectivity index (χ1v) is 8.00. The van der Waals surface area contributed by atoms with Gasteiger partial charge < -0.3 is 15.0 Å². The van der Waals surface area contributed by atoms with Gasteiger partial charge in [-0.15, -0.1) is 0 Å². The van der Waals surface area contributed by atoms with E-state index in [2.05, 4.69) is 10.4 Å². The van der Waals surface area contributed by atoms with Gasteiger partial charge in [0.25, 0.3) is 5.91 Å². The Bertz CT molecular complexity index is 931. The first-order valence-electron chi connectivity index (χ1n) is 8.00. The number of carbonyl (C=O) groups excluding carboxylic acids is 1. The number of rotatable bonds is 2. The molecular weight excluding hydrogens is 316 g/mol. The summed E-state index contributed by atoms with van der Waals surface area (Å²) in [6, 6.07) is 15.0. The van der Waals surface area contributed by atoms with Gasteiger partial charge in [-0.1, -0.05) is 12.1 Å². The average molecular weight is 334 g/mol. The van der Waals surface area contributed by atoms with Gasteiger partial charge in [-0.3, -0.25) is 9.48 Å².